The Kier molecular flexibility index (Phi) is 5.97. The molecular formula is C19H29N5O3S2. The summed E-state index contributed by atoms with van der Waals surface area (Å²) in [6, 6.07) is 0.443. The van der Waals surface area contributed by atoms with E-state index in [0.29, 0.717) is 35.4 Å². The lowest BCUT2D eigenvalue weighted by molar-refractivity contribution is 0.0584. The highest BCUT2D eigenvalue weighted by Crippen LogP contribution is 2.29. The molecule has 0 radical (unpaired) electrons. The first kappa shape index (κ1) is 20.8. The maximum atomic E-state index is 13.2. The first-order valence-electron chi connectivity index (χ1n) is 10.2. The number of aromatic nitrogens is 3. The molecule has 2 saturated heterocycles. The van der Waals surface area contributed by atoms with Crippen molar-refractivity contribution >= 4 is 21.4 Å². The van der Waals surface area contributed by atoms with Crippen LogP contribution >= 0.6 is 11.3 Å². The molecule has 0 bridgehead atoms. The molecule has 2 aliphatic heterocycles. The van der Waals surface area contributed by atoms with Gasteiger partial charge in [-0.15, -0.1) is 0 Å². The van der Waals surface area contributed by atoms with E-state index in [-0.39, 0.29) is 6.10 Å². The average Bonchev–Trinajstić information content (AvgIpc) is 3.30. The van der Waals surface area contributed by atoms with Gasteiger partial charge in [0.15, 0.2) is 0 Å². The van der Waals surface area contributed by atoms with Gasteiger partial charge < -0.3 is 9.64 Å². The average molecular weight is 440 g/mol. The quantitative estimate of drug-likeness (QED) is 0.710. The molecule has 0 aliphatic carbocycles. The van der Waals surface area contributed by atoms with Crippen molar-refractivity contribution in [1.29, 1.82) is 0 Å². The van der Waals surface area contributed by atoms with Crippen LogP contribution in [0.5, 0.6) is 5.19 Å². The summed E-state index contributed by atoms with van der Waals surface area (Å²) in [5.74, 6) is 0. The number of nitrogens with zero attached hydrogens (tertiary/aromatic N) is 5. The zero-order chi connectivity index (χ0) is 20.6. The minimum Gasteiger partial charge on any atom is -0.467 e. The van der Waals surface area contributed by atoms with E-state index in [1.165, 1.54) is 11.3 Å². The van der Waals surface area contributed by atoms with Crippen LogP contribution in [0.4, 0.5) is 0 Å². The Balaban J connectivity index is 1.32. The number of thiazole rings is 1. The maximum absolute atomic E-state index is 13.2. The number of piperidine rings is 2. The van der Waals surface area contributed by atoms with Crippen LogP contribution in [0, 0.1) is 13.8 Å². The molecule has 0 atom stereocenters. The summed E-state index contributed by atoms with van der Waals surface area (Å²) >= 11 is 1.53. The number of likely N-dealkylation sites (tertiary alicyclic amines) is 1. The number of hydrogen-bond acceptors (Lipinski definition) is 7. The van der Waals surface area contributed by atoms with Gasteiger partial charge in [-0.3, -0.25) is 4.68 Å². The number of rotatable bonds is 5. The van der Waals surface area contributed by atoms with Crippen LogP contribution in [0.3, 0.4) is 0 Å². The van der Waals surface area contributed by atoms with E-state index in [0.717, 1.165) is 44.0 Å². The molecule has 2 fully saturated rings. The highest BCUT2D eigenvalue weighted by atomic mass is 32.2. The molecule has 0 unspecified atom stereocenters. The van der Waals surface area contributed by atoms with Crippen molar-refractivity contribution in [1.82, 2.24) is 24.0 Å². The molecule has 0 amide bonds. The molecule has 2 aliphatic rings. The predicted molar refractivity (Wildman–Crippen MR) is 112 cm³/mol. The van der Waals surface area contributed by atoms with E-state index in [1.807, 2.05) is 12.3 Å². The summed E-state index contributed by atoms with van der Waals surface area (Å²) in [6.07, 6.45) is 5.73. The topological polar surface area (TPSA) is 80.6 Å². The zero-order valence-electron chi connectivity index (χ0n) is 17.2. The standard InChI is InChI=1S/C19H29N5O3S2/c1-14-18(15(2)22(3)21-14)29(25,26)24-11-4-16(5-12-24)23-9-6-17(7-10-23)27-19-20-8-13-28-19/h8,13,16-17H,4-7,9-12H2,1-3H3. The summed E-state index contributed by atoms with van der Waals surface area (Å²) in [5.41, 5.74) is 1.28. The number of ether oxygens (including phenoxy) is 1. The highest BCUT2D eigenvalue weighted by molar-refractivity contribution is 7.89. The van der Waals surface area contributed by atoms with Crippen molar-refractivity contribution in [3.8, 4) is 5.19 Å². The van der Waals surface area contributed by atoms with E-state index in [9.17, 15) is 8.42 Å². The maximum Gasteiger partial charge on any atom is 0.273 e. The van der Waals surface area contributed by atoms with Crippen molar-refractivity contribution in [3.63, 3.8) is 0 Å². The van der Waals surface area contributed by atoms with Gasteiger partial charge in [-0.1, -0.05) is 11.3 Å². The molecule has 2 aromatic heterocycles. The van der Waals surface area contributed by atoms with Crippen molar-refractivity contribution in [2.75, 3.05) is 26.2 Å². The fraction of sp³-hybridized carbons (Fsp3) is 0.684. The molecule has 0 saturated carbocycles. The van der Waals surface area contributed by atoms with Gasteiger partial charge >= 0.3 is 0 Å². The van der Waals surface area contributed by atoms with Gasteiger partial charge in [0.2, 0.25) is 10.0 Å². The predicted octanol–water partition coefficient (Wildman–Crippen LogP) is 2.19. The third-order valence-electron chi connectivity index (χ3n) is 6.13. The number of hydrogen-bond donors (Lipinski definition) is 0. The highest BCUT2D eigenvalue weighted by Gasteiger charge is 2.35. The Hall–Kier alpha value is -1.49. The molecule has 8 nitrogen and oxygen atoms in total. The molecule has 4 heterocycles. The molecule has 0 N–H and O–H groups in total. The molecule has 0 aromatic carbocycles. The van der Waals surface area contributed by atoms with Crippen LogP contribution in [0.25, 0.3) is 0 Å². The van der Waals surface area contributed by atoms with Crippen molar-refractivity contribution in [3.05, 3.63) is 23.0 Å². The second-order valence-electron chi connectivity index (χ2n) is 7.91. The van der Waals surface area contributed by atoms with Gasteiger partial charge in [0, 0.05) is 50.8 Å². The van der Waals surface area contributed by atoms with Crippen LogP contribution < -0.4 is 4.74 Å². The first-order valence-corrected chi connectivity index (χ1v) is 12.5. The second-order valence-corrected chi connectivity index (χ2v) is 10.6. The Morgan fingerprint density at radius 3 is 2.34 bits per heavy atom. The van der Waals surface area contributed by atoms with E-state index in [1.54, 1.807) is 29.2 Å². The molecule has 29 heavy (non-hydrogen) atoms. The molecule has 10 heteroatoms. The molecule has 4 rings (SSSR count). The monoisotopic (exact) mass is 439 g/mol. The van der Waals surface area contributed by atoms with Gasteiger partial charge in [0.1, 0.15) is 11.0 Å². The lowest BCUT2D eigenvalue weighted by Gasteiger charge is -2.41. The largest absolute Gasteiger partial charge is 0.467 e. The minimum atomic E-state index is -3.49. The van der Waals surface area contributed by atoms with Crippen LogP contribution in [0.2, 0.25) is 0 Å². The molecule has 0 spiro atoms. The van der Waals surface area contributed by atoms with Gasteiger partial charge in [-0.05, 0) is 39.5 Å². The third kappa shape index (κ3) is 4.21. The Labute approximate surface area is 176 Å². The van der Waals surface area contributed by atoms with Crippen LogP contribution in [0.1, 0.15) is 37.1 Å². The van der Waals surface area contributed by atoms with Crippen molar-refractivity contribution in [2.45, 2.75) is 56.6 Å². The normalized spacial score (nSPS) is 20.9. The van der Waals surface area contributed by atoms with Crippen LogP contribution in [-0.2, 0) is 17.1 Å². The minimum absolute atomic E-state index is 0.231. The van der Waals surface area contributed by atoms with Gasteiger partial charge in [0.25, 0.3) is 5.19 Å². The van der Waals surface area contributed by atoms with Gasteiger partial charge in [-0.25, -0.2) is 13.4 Å². The molecule has 2 aromatic rings. The third-order valence-corrected chi connectivity index (χ3v) is 8.95. The lowest BCUT2D eigenvalue weighted by Crippen LogP contribution is -2.50. The van der Waals surface area contributed by atoms with E-state index in [4.69, 9.17) is 4.74 Å². The van der Waals surface area contributed by atoms with Gasteiger partial charge in [0.05, 0.1) is 11.4 Å². The second kappa shape index (κ2) is 8.33. The fourth-order valence-corrected chi connectivity index (χ4v) is 6.89. The van der Waals surface area contributed by atoms with E-state index < -0.39 is 10.0 Å². The smallest absolute Gasteiger partial charge is 0.273 e. The zero-order valence-corrected chi connectivity index (χ0v) is 18.9. The van der Waals surface area contributed by atoms with E-state index in [2.05, 4.69) is 15.0 Å². The SMILES string of the molecule is Cc1nn(C)c(C)c1S(=O)(=O)N1CCC(N2CCC(Oc3nccs3)CC2)CC1. The summed E-state index contributed by atoms with van der Waals surface area (Å²) in [4.78, 5) is 7.08. The van der Waals surface area contributed by atoms with Crippen molar-refractivity contribution < 1.29 is 13.2 Å². The Morgan fingerprint density at radius 1 is 1.10 bits per heavy atom. The number of aryl methyl sites for hydroxylation is 2. The number of sulfonamides is 1. The van der Waals surface area contributed by atoms with Crippen LogP contribution in [-0.4, -0.2) is 70.7 Å². The van der Waals surface area contributed by atoms with E-state index >= 15 is 0 Å². The first-order chi connectivity index (χ1) is 13.9. The Morgan fingerprint density at radius 2 is 1.79 bits per heavy atom. The molecular weight excluding hydrogens is 410 g/mol. The fourth-order valence-electron chi connectivity index (χ4n) is 4.47. The summed E-state index contributed by atoms with van der Waals surface area (Å²) in [6.45, 7) is 6.71. The van der Waals surface area contributed by atoms with Gasteiger partial charge in [-0.2, -0.15) is 9.40 Å². The molecule has 160 valence electrons. The van der Waals surface area contributed by atoms with Crippen molar-refractivity contribution in [2.24, 2.45) is 7.05 Å². The summed E-state index contributed by atoms with van der Waals surface area (Å²) in [5, 5.41) is 6.96. The summed E-state index contributed by atoms with van der Waals surface area (Å²) in [7, 11) is -1.70. The lowest BCUT2D eigenvalue weighted by atomic mass is 10.00. The summed E-state index contributed by atoms with van der Waals surface area (Å²) < 4.78 is 35.5. The Bertz CT molecular complexity index is 925. The van der Waals surface area contributed by atoms with Crippen LogP contribution in [0.15, 0.2) is 16.5 Å².